The standard InChI is InChI=1S/C16H15FO/c17-15-9-7-14(8-10-15)16(18)13-5-3-12(4-6-13)11-1-2-11/h3-11,16,18H,1-2H2. The Morgan fingerprint density at radius 3 is 1.89 bits per heavy atom. The van der Waals surface area contributed by atoms with Crippen molar-refractivity contribution in [3.63, 3.8) is 0 Å². The third-order valence-corrected chi connectivity index (χ3v) is 3.49. The maximum absolute atomic E-state index is 12.8. The second-order valence-electron chi connectivity index (χ2n) is 4.90. The van der Waals surface area contributed by atoms with Gasteiger partial charge in [-0.15, -0.1) is 0 Å². The van der Waals surface area contributed by atoms with Crippen LogP contribution in [-0.4, -0.2) is 5.11 Å². The molecule has 0 bridgehead atoms. The summed E-state index contributed by atoms with van der Waals surface area (Å²) in [6.45, 7) is 0. The second kappa shape index (κ2) is 4.54. The van der Waals surface area contributed by atoms with Gasteiger partial charge in [-0.25, -0.2) is 4.39 Å². The Morgan fingerprint density at radius 2 is 1.39 bits per heavy atom. The van der Waals surface area contributed by atoms with Gasteiger partial charge in [0, 0.05) is 0 Å². The fourth-order valence-electron chi connectivity index (χ4n) is 2.20. The van der Waals surface area contributed by atoms with Gasteiger partial charge in [-0.2, -0.15) is 0 Å². The Labute approximate surface area is 106 Å². The monoisotopic (exact) mass is 242 g/mol. The maximum Gasteiger partial charge on any atom is 0.123 e. The molecule has 1 atom stereocenters. The van der Waals surface area contributed by atoms with Gasteiger partial charge in [0.1, 0.15) is 11.9 Å². The van der Waals surface area contributed by atoms with Crippen LogP contribution in [0.25, 0.3) is 0 Å². The Kier molecular flexibility index (Phi) is 2.88. The molecule has 1 aliphatic carbocycles. The molecule has 0 heterocycles. The van der Waals surface area contributed by atoms with E-state index in [0.29, 0.717) is 0 Å². The van der Waals surface area contributed by atoms with Crippen molar-refractivity contribution >= 4 is 0 Å². The molecule has 2 heteroatoms. The molecular formula is C16H15FO. The number of rotatable bonds is 3. The van der Waals surface area contributed by atoms with Crippen molar-refractivity contribution in [2.75, 3.05) is 0 Å². The van der Waals surface area contributed by atoms with Gasteiger partial charge in [0.2, 0.25) is 0 Å². The molecule has 0 amide bonds. The fourth-order valence-corrected chi connectivity index (χ4v) is 2.20. The van der Waals surface area contributed by atoms with Crippen molar-refractivity contribution < 1.29 is 9.50 Å². The molecule has 0 spiro atoms. The van der Waals surface area contributed by atoms with E-state index in [1.807, 2.05) is 12.1 Å². The van der Waals surface area contributed by atoms with E-state index < -0.39 is 6.10 Å². The molecule has 1 saturated carbocycles. The van der Waals surface area contributed by atoms with Crippen LogP contribution in [0.15, 0.2) is 48.5 Å². The molecule has 2 aromatic rings. The highest BCUT2D eigenvalue weighted by molar-refractivity contribution is 5.34. The summed E-state index contributed by atoms with van der Waals surface area (Å²) >= 11 is 0. The summed E-state index contributed by atoms with van der Waals surface area (Å²) < 4.78 is 12.8. The summed E-state index contributed by atoms with van der Waals surface area (Å²) in [5.41, 5.74) is 2.92. The molecule has 1 fully saturated rings. The van der Waals surface area contributed by atoms with Gasteiger partial charge in [-0.05, 0) is 47.6 Å². The van der Waals surface area contributed by atoms with Crippen molar-refractivity contribution in [2.45, 2.75) is 24.9 Å². The van der Waals surface area contributed by atoms with Crippen molar-refractivity contribution in [1.29, 1.82) is 0 Å². The van der Waals surface area contributed by atoms with E-state index in [-0.39, 0.29) is 5.82 Å². The van der Waals surface area contributed by atoms with Gasteiger partial charge in [0.25, 0.3) is 0 Å². The van der Waals surface area contributed by atoms with Crippen molar-refractivity contribution in [1.82, 2.24) is 0 Å². The minimum absolute atomic E-state index is 0.282. The van der Waals surface area contributed by atoms with Gasteiger partial charge >= 0.3 is 0 Å². The van der Waals surface area contributed by atoms with E-state index in [4.69, 9.17) is 0 Å². The molecule has 0 radical (unpaired) electrons. The summed E-state index contributed by atoms with van der Waals surface area (Å²) in [6.07, 6.45) is 1.87. The third-order valence-electron chi connectivity index (χ3n) is 3.49. The van der Waals surface area contributed by atoms with Crippen LogP contribution >= 0.6 is 0 Å². The Balaban J connectivity index is 1.82. The first-order chi connectivity index (χ1) is 8.74. The zero-order valence-electron chi connectivity index (χ0n) is 10.0. The lowest BCUT2D eigenvalue weighted by atomic mass is 9.99. The van der Waals surface area contributed by atoms with E-state index in [0.717, 1.165) is 17.0 Å². The normalized spacial score (nSPS) is 16.6. The predicted molar refractivity (Wildman–Crippen MR) is 68.9 cm³/mol. The molecule has 1 aliphatic rings. The van der Waals surface area contributed by atoms with Crippen LogP contribution in [0.2, 0.25) is 0 Å². The van der Waals surface area contributed by atoms with Crippen LogP contribution in [0, 0.1) is 5.82 Å². The Bertz CT molecular complexity index is 526. The molecular weight excluding hydrogens is 227 g/mol. The summed E-state index contributed by atoms with van der Waals surface area (Å²) in [4.78, 5) is 0. The predicted octanol–water partition coefficient (Wildman–Crippen LogP) is 3.78. The molecule has 0 aromatic heterocycles. The highest BCUT2D eigenvalue weighted by atomic mass is 19.1. The summed E-state index contributed by atoms with van der Waals surface area (Å²) in [5.74, 6) is 0.442. The molecule has 0 saturated heterocycles. The Morgan fingerprint density at radius 1 is 0.889 bits per heavy atom. The average molecular weight is 242 g/mol. The third kappa shape index (κ3) is 2.29. The lowest BCUT2D eigenvalue weighted by Crippen LogP contribution is -1.99. The van der Waals surface area contributed by atoms with Gasteiger partial charge < -0.3 is 5.11 Å². The highest BCUT2D eigenvalue weighted by Crippen LogP contribution is 2.40. The van der Waals surface area contributed by atoms with Crippen molar-refractivity contribution in [3.8, 4) is 0 Å². The molecule has 2 aromatic carbocycles. The first-order valence-corrected chi connectivity index (χ1v) is 6.27. The van der Waals surface area contributed by atoms with Gasteiger partial charge in [-0.3, -0.25) is 0 Å². The maximum atomic E-state index is 12.8. The molecule has 1 nitrogen and oxygen atoms in total. The SMILES string of the molecule is OC(c1ccc(F)cc1)c1ccc(C2CC2)cc1. The van der Waals surface area contributed by atoms with E-state index in [1.54, 1.807) is 12.1 Å². The molecule has 18 heavy (non-hydrogen) atoms. The fraction of sp³-hybridized carbons (Fsp3) is 0.250. The average Bonchev–Trinajstić information content (AvgIpc) is 3.23. The summed E-state index contributed by atoms with van der Waals surface area (Å²) in [7, 11) is 0. The number of aliphatic hydroxyl groups is 1. The van der Waals surface area contributed by atoms with E-state index >= 15 is 0 Å². The van der Waals surface area contributed by atoms with Crippen LogP contribution in [-0.2, 0) is 0 Å². The minimum atomic E-state index is -0.682. The Hall–Kier alpha value is -1.67. The van der Waals surface area contributed by atoms with E-state index in [9.17, 15) is 9.50 Å². The summed E-state index contributed by atoms with van der Waals surface area (Å²) in [5, 5.41) is 10.2. The number of benzene rings is 2. The van der Waals surface area contributed by atoms with Crippen molar-refractivity contribution in [2.24, 2.45) is 0 Å². The van der Waals surface area contributed by atoms with Crippen LogP contribution in [0.3, 0.4) is 0 Å². The number of aliphatic hydroxyl groups excluding tert-OH is 1. The number of hydrogen-bond acceptors (Lipinski definition) is 1. The topological polar surface area (TPSA) is 20.2 Å². The second-order valence-corrected chi connectivity index (χ2v) is 4.90. The first-order valence-electron chi connectivity index (χ1n) is 6.27. The zero-order chi connectivity index (χ0) is 12.5. The molecule has 1 N–H and O–H groups in total. The van der Waals surface area contributed by atoms with Gasteiger partial charge in [0.05, 0.1) is 0 Å². The smallest absolute Gasteiger partial charge is 0.123 e. The van der Waals surface area contributed by atoms with Crippen molar-refractivity contribution in [3.05, 3.63) is 71.0 Å². The lowest BCUT2D eigenvalue weighted by Gasteiger charge is -2.12. The number of halogens is 1. The van der Waals surface area contributed by atoms with Crippen LogP contribution < -0.4 is 0 Å². The van der Waals surface area contributed by atoms with E-state index in [1.165, 1.54) is 30.5 Å². The van der Waals surface area contributed by atoms with Gasteiger partial charge in [-0.1, -0.05) is 36.4 Å². The highest BCUT2D eigenvalue weighted by Gasteiger charge is 2.23. The van der Waals surface area contributed by atoms with Crippen LogP contribution in [0.1, 0.15) is 41.6 Å². The van der Waals surface area contributed by atoms with Crippen LogP contribution in [0.4, 0.5) is 4.39 Å². The molecule has 92 valence electrons. The molecule has 3 rings (SSSR count). The van der Waals surface area contributed by atoms with Crippen LogP contribution in [0.5, 0.6) is 0 Å². The summed E-state index contributed by atoms with van der Waals surface area (Å²) in [6, 6.07) is 14.1. The lowest BCUT2D eigenvalue weighted by molar-refractivity contribution is 0.220. The van der Waals surface area contributed by atoms with Gasteiger partial charge in [0.15, 0.2) is 0 Å². The largest absolute Gasteiger partial charge is 0.384 e. The first kappa shape index (κ1) is 11.4. The number of hydrogen-bond donors (Lipinski definition) is 1. The quantitative estimate of drug-likeness (QED) is 0.868. The minimum Gasteiger partial charge on any atom is -0.384 e. The zero-order valence-corrected chi connectivity index (χ0v) is 10.0. The molecule has 0 aliphatic heterocycles. The van der Waals surface area contributed by atoms with E-state index in [2.05, 4.69) is 12.1 Å². The molecule has 1 unspecified atom stereocenters.